The summed E-state index contributed by atoms with van der Waals surface area (Å²) >= 11 is 0. The van der Waals surface area contributed by atoms with Gasteiger partial charge in [0, 0.05) is 13.1 Å². The highest BCUT2D eigenvalue weighted by molar-refractivity contribution is 7.89. The molecule has 0 radical (unpaired) electrons. The molecule has 1 atom stereocenters. The Morgan fingerprint density at radius 1 is 1.12 bits per heavy atom. The molecule has 0 amide bonds. The van der Waals surface area contributed by atoms with Gasteiger partial charge in [0.25, 0.3) is 0 Å². The minimum absolute atomic E-state index is 0.125. The molecule has 1 saturated heterocycles. The Morgan fingerprint density at radius 2 is 1.76 bits per heavy atom. The first-order valence-electron chi connectivity index (χ1n) is 8.13. The van der Waals surface area contributed by atoms with Crippen LogP contribution in [0.5, 0.6) is 0 Å². The number of carbonyl (C=O) groups excluding carboxylic acids is 1. The van der Waals surface area contributed by atoms with Crippen LogP contribution < -0.4 is 0 Å². The van der Waals surface area contributed by atoms with Gasteiger partial charge in [0.1, 0.15) is 6.29 Å². The van der Waals surface area contributed by atoms with E-state index in [1.807, 2.05) is 37.3 Å². The van der Waals surface area contributed by atoms with Crippen molar-refractivity contribution in [3.05, 3.63) is 77.9 Å². The third-order valence-corrected chi connectivity index (χ3v) is 6.58. The lowest BCUT2D eigenvalue weighted by molar-refractivity contribution is -0.114. The summed E-state index contributed by atoms with van der Waals surface area (Å²) in [5.41, 5.74) is 1.75. The molecule has 1 aliphatic heterocycles. The second-order valence-corrected chi connectivity index (χ2v) is 8.56. The number of rotatable bonds is 5. The van der Waals surface area contributed by atoms with Crippen LogP contribution in [0.1, 0.15) is 11.1 Å². The van der Waals surface area contributed by atoms with Crippen molar-refractivity contribution in [3.8, 4) is 0 Å². The summed E-state index contributed by atoms with van der Waals surface area (Å²) in [6.45, 7) is 6.21. The molecule has 0 aromatic heterocycles. The van der Waals surface area contributed by atoms with Gasteiger partial charge in [0.15, 0.2) is 0 Å². The van der Waals surface area contributed by atoms with Crippen molar-refractivity contribution in [1.29, 1.82) is 0 Å². The predicted octanol–water partition coefficient (Wildman–Crippen LogP) is 2.98. The van der Waals surface area contributed by atoms with Crippen LogP contribution in [0.25, 0.3) is 0 Å². The van der Waals surface area contributed by atoms with E-state index in [4.69, 9.17) is 0 Å². The average Bonchev–Trinajstić information content (AvgIpc) is 2.94. The SMILES string of the molecule is C=C1CN(S(=O)(=O)c2ccc(C)cc2)CC1(C=O)Cc1ccccc1. The maximum absolute atomic E-state index is 12.9. The lowest BCUT2D eigenvalue weighted by Gasteiger charge is -2.24. The van der Waals surface area contributed by atoms with Crippen molar-refractivity contribution in [2.24, 2.45) is 5.41 Å². The van der Waals surface area contributed by atoms with Gasteiger partial charge in [-0.2, -0.15) is 4.31 Å². The molecule has 3 rings (SSSR count). The number of nitrogens with zero attached hydrogens (tertiary/aromatic N) is 1. The van der Waals surface area contributed by atoms with Gasteiger partial charge in [-0.25, -0.2) is 8.42 Å². The van der Waals surface area contributed by atoms with E-state index in [2.05, 4.69) is 6.58 Å². The molecule has 1 fully saturated rings. The highest BCUT2D eigenvalue weighted by Crippen LogP contribution is 2.38. The molecule has 4 nitrogen and oxygen atoms in total. The van der Waals surface area contributed by atoms with Crippen LogP contribution in [0.15, 0.2) is 71.6 Å². The minimum atomic E-state index is -3.65. The first kappa shape index (κ1) is 17.6. The number of aryl methyl sites for hydroxylation is 1. The van der Waals surface area contributed by atoms with E-state index >= 15 is 0 Å². The summed E-state index contributed by atoms with van der Waals surface area (Å²) < 4.78 is 27.2. The number of carbonyl (C=O) groups is 1. The van der Waals surface area contributed by atoms with Gasteiger partial charge in [-0.3, -0.25) is 0 Å². The lowest BCUT2D eigenvalue weighted by atomic mass is 9.79. The molecular formula is C20H21NO3S. The fraction of sp³-hybridized carbons (Fsp3) is 0.250. The second kappa shape index (κ2) is 6.58. The number of sulfonamides is 1. The van der Waals surface area contributed by atoms with Gasteiger partial charge in [0.05, 0.1) is 10.3 Å². The number of hydrogen-bond donors (Lipinski definition) is 0. The van der Waals surface area contributed by atoms with Crippen LogP contribution in [-0.4, -0.2) is 32.1 Å². The van der Waals surface area contributed by atoms with Gasteiger partial charge in [0.2, 0.25) is 10.0 Å². The minimum Gasteiger partial charge on any atom is -0.302 e. The molecule has 0 bridgehead atoms. The Hall–Kier alpha value is -2.24. The molecule has 2 aromatic rings. The molecule has 0 aliphatic carbocycles. The van der Waals surface area contributed by atoms with Crippen LogP contribution >= 0.6 is 0 Å². The van der Waals surface area contributed by atoms with Crippen molar-refractivity contribution in [2.45, 2.75) is 18.2 Å². The number of hydrogen-bond acceptors (Lipinski definition) is 3. The van der Waals surface area contributed by atoms with E-state index in [1.165, 1.54) is 4.31 Å². The first-order valence-corrected chi connectivity index (χ1v) is 9.57. The van der Waals surface area contributed by atoms with E-state index < -0.39 is 15.4 Å². The van der Waals surface area contributed by atoms with E-state index in [0.717, 1.165) is 17.4 Å². The third-order valence-electron chi connectivity index (χ3n) is 4.78. The summed E-state index contributed by atoms with van der Waals surface area (Å²) in [7, 11) is -3.65. The van der Waals surface area contributed by atoms with Crippen LogP contribution in [0, 0.1) is 12.3 Å². The quantitative estimate of drug-likeness (QED) is 0.612. The zero-order valence-corrected chi connectivity index (χ0v) is 15.0. The summed E-state index contributed by atoms with van der Waals surface area (Å²) in [6, 6.07) is 16.4. The van der Waals surface area contributed by atoms with Crippen LogP contribution in [-0.2, 0) is 21.2 Å². The zero-order valence-electron chi connectivity index (χ0n) is 14.2. The molecule has 0 saturated carbocycles. The molecule has 25 heavy (non-hydrogen) atoms. The van der Waals surface area contributed by atoms with Gasteiger partial charge in [-0.05, 0) is 36.6 Å². The Balaban J connectivity index is 1.90. The average molecular weight is 355 g/mol. The molecular weight excluding hydrogens is 334 g/mol. The summed E-state index contributed by atoms with van der Waals surface area (Å²) in [5.74, 6) is 0. The Kier molecular flexibility index (Phi) is 4.62. The van der Waals surface area contributed by atoms with Crippen molar-refractivity contribution >= 4 is 16.3 Å². The molecule has 0 spiro atoms. The summed E-state index contributed by atoms with van der Waals surface area (Å²) in [6.07, 6.45) is 1.31. The van der Waals surface area contributed by atoms with Gasteiger partial charge >= 0.3 is 0 Å². The number of aldehydes is 1. The molecule has 1 aliphatic rings. The van der Waals surface area contributed by atoms with Crippen LogP contribution in [0.2, 0.25) is 0 Å². The Labute approximate surface area is 148 Å². The maximum Gasteiger partial charge on any atom is 0.243 e. The Morgan fingerprint density at radius 3 is 2.36 bits per heavy atom. The largest absolute Gasteiger partial charge is 0.302 e. The maximum atomic E-state index is 12.9. The lowest BCUT2D eigenvalue weighted by Crippen LogP contribution is -2.34. The topological polar surface area (TPSA) is 54.5 Å². The smallest absolute Gasteiger partial charge is 0.243 e. The first-order chi connectivity index (χ1) is 11.9. The van der Waals surface area contributed by atoms with E-state index in [-0.39, 0.29) is 18.0 Å². The van der Waals surface area contributed by atoms with E-state index in [9.17, 15) is 13.2 Å². The van der Waals surface area contributed by atoms with Crippen molar-refractivity contribution in [2.75, 3.05) is 13.1 Å². The number of benzene rings is 2. The van der Waals surface area contributed by atoms with Crippen molar-refractivity contribution in [3.63, 3.8) is 0 Å². The standard InChI is InChI=1S/C20H21NO3S/c1-16-8-10-19(11-9-16)25(23,24)21-13-17(2)20(14-21,15-22)12-18-6-4-3-5-7-18/h3-11,15H,2,12-14H2,1H3. The molecule has 1 heterocycles. The van der Waals surface area contributed by atoms with Crippen LogP contribution in [0.4, 0.5) is 0 Å². The van der Waals surface area contributed by atoms with E-state index in [0.29, 0.717) is 12.0 Å². The molecule has 2 aromatic carbocycles. The van der Waals surface area contributed by atoms with Crippen molar-refractivity contribution < 1.29 is 13.2 Å². The predicted molar refractivity (Wildman–Crippen MR) is 97.7 cm³/mol. The van der Waals surface area contributed by atoms with Crippen molar-refractivity contribution in [1.82, 2.24) is 4.31 Å². The fourth-order valence-corrected chi connectivity index (χ4v) is 4.69. The third kappa shape index (κ3) is 3.30. The van der Waals surface area contributed by atoms with Crippen LogP contribution in [0.3, 0.4) is 0 Å². The normalized spacial score (nSPS) is 21.4. The van der Waals surface area contributed by atoms with E-state index in [1.54, 1.807) is 24.3 Å². The highest BCUT2D eigenvalue weighted by atomic mass is 32.2. The van der Waals surface area contributed by atoms with Gasteiger partial charge in [-0.15, -0.1) is 0 Å². The molecule has 5 heteroatoms. The summed E-state index contributed by atoms with van der Waals surface area (Å²) in [4.78, 5) is 12.2. The summed E-state index contributed by atoms with van der Waals surface area (Å²) in [5, 5.41) is 0. The molecule has 130 valence electrons. The monoisotopic (exact) mass is 355 g/mol. The van der Waals surface area contributed by atoms with Gasteiger partial charge < -0.3 is 4.79 Å². The zero-order chi connectivity index (χ0) is 18.1. The Bertz CT molecular complexity index is 888. The van der Waals surface area contributed by atoms with Gasteiger partial charge in [-0.1, -0.05) is 54.6 Å². The molecule has 1 unspecified atom stereocenters. The molecule has 0 N–H and O–H groups in total. The second-order valence-electron chi connectivity index (χ2n) is 6.63. The fourth-order valence-electron chi connectivity index (χ4n) is 3.19. The highest BCUT2D eigenvalue weighted by Gasteiger charge is 2.45.